The summed E-state index contributed by atoms with van der Waals surface area (Å²) >= 11 is 6.07. The lowest BCUT2D eigenvalue weighted by molar-refractivity contribution is -0.112. The molecule has 0 spiro atoms. The van der Waals surface area contributed by atoms with Crippen LogP contribution in [0.2, 0.25) is 5.02 Å². The van der Waals surface area contributed by atoms with E-state index in [2.05, 4.69) is 5.32 Å². The third-order valence-corrected chi connectivity index (χ3v) is 4.36. The second-order valence-corrected chi connectivity index (χ2v) is 6.01. The smallest absolute Gasteiger partial charge is 0.266 e. The average molecular weight is 371 g/mol. The summed E-state index contributed by atoms with van der Waals surface area (Å²) in [7, 11) is 3.08. The van der Waals surface area contributed by atoms with Crippen LogP contribution in [0.4, 0.5) is 5.69 Å². The molecule has 0 aliphatic rings. The number of carbonyl (C=O) groups excluding carboxylic acids is 1. The minimum atomic E-state index is -0.507. The lowest BCUT2D eigenvalue weighted by Crippen LogP contribution is -2.14. The number of benzene rings is 2. The summed E-state index contributed by atoms with van der Waals surface area (Å²) in [5.41, 5.74) is 2.81. The van der Waals surface area contributed by atoms with Gasteiger partial charge in [0.2, 0.25) is 0 Å². The minimum Gasteiger partial charge on any atom is -0.493 e. The Bertz CT molecular complexity index is 914. The number of ether oxygens (including phenoxy) is 2. The number of amides is 1. The van der Waals surface area contributed by atoms with Gasteiger partial charge in [-0.05, 0) is 60.9 Å². The molecule has 0 bridgehead atoms. The molecule has 134 valence electrons. The van der Waals surface area contributed by atoms with Crippen molar-refractivity contribution in [1.29, 1.82) is 5.26 Å². The fraction of sp³-hybridized carbons (Fsp3) is 0.200. The van der Waals surface area contributed by atoms with Crippen LogP contribution in [0.25, 0.3) is 6.08 Å². The van der Waals surface area contributed by atoms with Crippen molar-refractivity contribution in [2.24, 2.45) is 0 Å². The first kappa shape index (κ1) is 19.4. The third-order valence-electron chi connectivity index (χ3n) is 3.95. The van der Waals surface area contributed by atoms with Gasteiger partial charge >= 0.3 is 0 Å². The molecule has 0 aromatic heterocycles. The van der Waals surface area contributed by atoms with E-state index >= 15 is 0 Å². The van der Waals surface area contributed by atoms with Crippen LogP contribution in [-0.4, -0.2) is 20.1 Å². The van der Waals surface area contributed by atoms with Crippen molar-refractivity contribution in [2.75, 3.05) is 19.5 Å². The Morgan fingerprint density at radius 2 is 1.85 bits per heavy atom. The molecule has 0 aliphatic heterocycles. The third kappa shape index (κ3) is 4.16. The van der Waals surface area contributed by atoms with Gasteiger partial charge in [0, 0.05) is 10.7 Å². The molecular formula is C20H19ClN2O3. The Morgan fingerprint density at radius 3 is 2.46 bits per heavy atom. The SMILES string of the molecule is COc1cc(C)c(/C=C(/C#N)C(=O)Nc2cccc(Cl)c2C)cc1OC. The van der Waals surface area contributed by atoms with Crippen LogP contribution in [0.3, 0.4) is 0 Å². The summed E-state index contributed by atoms with van der Waals surface area (Å²) in [6.07, 6.45) is 1.52. The van der Waals surface area contributed by atoms with Gasteiger partial charge in [0.15, 0.2) is 11.5 Å². The Labute approximate surface area is 157 Å². The number of rotatable bonds is 5. The van der Waals surface area contributed by atoms with Gasteiger partial charge in [-0.3, -0.25) is 4.79 Å². The molecule has 0 radical (unpaired) electrons. The monoisotopic (exact) mass is 370 g/mol. The molecule has 0 unspecified atom stereocenters. The zero-order chi connectivity index (χ0) is 19.3. The van der Waals surface area contributed by atoms with Crippen molar-refractivity contribution < 1.29 is 14.3 Å². The Morgan fingerprint density at radius 1 is 1.19 bits per heavy atom. The van der Waals surface area contributed by atoms with Crippen LogP contribution in [-0.2, 0) is 4.79 Å². The Hall–Kier alpha value is -2.97. The van der Waals surface area contributed by atoms with Gasteiger partial charge in [-0.25, -0.2) is 0 Å². The van der Waals surface area contributed by atoms with Gasteiger partial charge in [0.25, 0.3) is 5.91 Å². The number of hydrogen-bond acceptors (Lipinski definition) is 4. The number of nitrogens with one attached hydrogen (secondary N) is 1. The van der Waals surface area contributed by atoms with E-state index in [1.54, 1.807) is 44.4 Å². The number of nitriles is 1. The van der Waals surface area contributed by atoms with Gasteiger partial charge in [-0.15, -0.1) is 0 Å². The average Bonchev–Trinajstić information content (AvgIpc) is 2.64. The van der Waals surface area contributed by atoms with Crippen molar-refractivity contribution in [1.82, 2.24) is 0 Å². The maximum absolute atomic E-state index is 12.5. The number of methoxy groups -OCH3 is 2. The molecule has 2 aromatic carbocycles. The summed E-state index contributed by atoms with van der Waals surface area (Å²) in [5.74, 6) is 0.597. The molecule has 1 N–H and O–H groups in total. The highest BCUT2D eigenvalue weighted by molar-refractivity contribution is 6.31. The van der Waals surface area contributed by atoms with Crippen LogP contribution in [0.5, 0.6) is 11.5 Å². The summed E-state index contributed by atoms with van der Waals surface area (Å²) in [4.78, 5) is 12.5. The Balaban J connectivity index is 2.37. The zero-order valence-corrected chi connectivity index (χ0v) is 15.8. The number of nitrogens with zero attached hydrogens (tertiary/aromatic N) is 1. The van der Waals surface area contributed by atoms with Crippen molar-refractivity contribution in [3.05, 3.63) is 57.6 Å². The van der Waals surface area contributed by atoms with E-state index in [-0.39, 0.29) is 5.57 Å². The van der Waals surface area contributed by atoms with E-state index < -0.39 is 5.91 Å². The molecule has 5 nitrogen and oxygen atoms in total. The van der Waals surface area contributed by atoms with Crippen LogP contribution < -0.4 is 14.8 Å². The topological polar surface area (TPSA) is 71.3 Å². The van der Waals surface area contributed by atoms with E-state index in [0.29, 0.717) is 27.8 Å². The fourth-order valence-electron chi connectivity index (χ4n) is 2.39. The molecule has 2 rings (SSSR count). The molecule has 1 amide bonds. The van der Waals surface area contributed by atoms with Crippen LogP contribution in [0.15, 0.2) is 35.9 Å². The Kier molecular flexibility index (Phi) is 6.26. The highest BCUT2D eigenvalue weighted by Gasteiger charge is 2.14. The minimum absolute atomic E-state index is 0.0281. The van der Waals surface area contributed by atoms with E-state index in [0.717, 1.165) is 11.1 Å². The standard InChI is InChI=1S/C20H19ClN2O3/c1-12-8-18(25-3)19(26-4)10-14(12)9-15(11-22)20(24)23-17-7-5-6-16(21)13(17)2/h5-10H,1-4H3,(H,23,24)/b15-9-. The predicted molar refractivity (Wildman–Crippen MR) is 103 cm³/mol. The van der Waals surface area contributed by atoms with E-state index in [4.69, 9.17) is 21.1 Å². The second-order valence-electron chi connectivity index (χ2n) is 5.60. The number of aryl methyl sites for hydroxylation is 1. The second kappa shape index (κ2) is 8.41. The molecule has 0 saturated heterocycles. The summed E-state index contributed by atoms with van der Waals surface area (Å²) < 4.78 is 10.5. The van der Waals surface area contributed by atoms with Crippen LogP contribution >= 0.6 is 11.6 Å². The summed E-state index contributed by atoms with van der Waals surface area (Å²) in [6.45, 7) is 3.66. The van der Waals surface area contributed by atoms with E-state index in [1.807, 2.05) is 13.0 Å². The van der Waals surface area contributed by atoms with Crippen LogP contribution in [0, 0.1) is 25.2 Å². The van der Waals surface area contributed by atoms with Gasteiger partial charge < -0.3 is 14.8 Å². The number of anilines is 1. The van der Waals surface area contributed by atoms with Crippen molar-refractivity contribution in [3.63, 3.8) is 0 Å². The normalized spacial score (nSPS) is 10.8. The molecule has 0 heterocycles. The first-order valence-corrected chi connectivity index (χ1v) is 8.20. The largest absolute Gasteiger partial charge is 0.493 e. The number of halogens is 1. The van der Waals surface area contributed by atoms with E-state index in [1.165, 1.54) is 13.2 Å². The van der Waals surface area contributed by atoms with Gasteiger partial charge in [0.05, 0.1) is 14.2 Å². The first-order valence-electron chi connectivity index (χ1n) is 7.82. The van der Waals surface area contributed by atoms with E-state index in [9.17, 15) is 10.1 Å². The molecule has 26 heavy (non-hydrogen) atoms. The predicted octanol–water partition coefficient (Wildman–Crippen LogP) is 4.52. The molecule has 0 fully saturated rings. The summed E-state index contributed by atoms with van der Waals surface area (Å²) in [5, 5.41) is 12.7. The first-order chi connectivity index (χ1) is 12.4. The molecule has 0 aliphatic carbocycles. The maximum atomic E-state index is 12.5. The molecule has 2 aromatic rings. The molecule has 0 saturated carbocycles. The highest BCUT2D eigenvalue weighted by Crippen LogP contribution is 2.31. The quantitative estimate of drug-likeness (QED) is 0.620. The van der Waals surface area contributed by atoms with Crippen molar-refractivity contribution >= 4 is 29.3 Å². The van der Waals surface area contributed by atoms with Crippen molar-refractivity contribution in [2.45, 2.75) is 13.8 Å². The molecular weight excluding hydrogens is 352 g/mol. The van der Waals surface area contributed by atoms with Gasteiger partial charge in [-0.1, -0.05) is 17.7 Å². The van der Waals surface area contributed by atoms with Gasteiger partial charge in [0.1, 0.15) is 11.6 Å². The molecule has 0 atom stereocenters. The maximum Gasteiger partial charge on any atom is 0.266 e. The van der Waals surface area contributed by atoms with Crippen LogP contribution in [0.1, 0.15) is 16.7 Å². The number of hydrogen-bond donors (Lipinski definition) is 1. The lowest BCUT2D eigenvalue weighted by Gasteiger charge is -2.12. The van der Waals surface area contributed by atoms with Gasteiger partial charge in [-0.2, -0.15) is 5.26 Å². The summed E-state index contributed by atoms with van der Waals surface area (Å²) in [6, 6.07) is 10.7. The van der Waals surface area contributed by atoms with Crippen molar-refractivity contribution in [3.8, 4) is 17.6 Å². The fourth-order valence-corrected chi connectivity index (χ4v) is 2.56. The highest BCUT2D eigenvalue weighted by atomic mass is 35.5. The molecule has 6 heteroatoms. The zero-order valence-electron chi connectivity index (χ0n) is 15.0. The lowest BCUT2D eigenvalue weighted by atomic mass is 10.0. The number of carbonyl (C=O) groups is 1.